The number of hydrogen-bond donors (Lipinski definition) is 0. The first kappa shape index (κ1) is 38.3. The van der Waals surface area contributed by atoms with E-state index >= 15 is 0 Å². The summed E-state index contributed by atoms with van der Waals surface area (Å²) < 4.78 is 99.5. The van der Waals surface area contributed by atoms with Crippen LogP contribution in [0.25, 0.3) is 11.6 Å². The van der Waals surface area contributed by atoms with E-state index in [2.05, 4.69) is 20.8 Å². The Balaban J connectivity index is 1.44. The van der Waals surface area contributed by atoms with Crippen LogP contribution >= 0.6 is 11.6 Å². The second-order valence-corrected chi connectivity index (χ2v) is 20.5. The van der Waals surface area contributed by atoms with Crippen LogP contribution in [0.2, 0.25) is 10.1 Å². The molecule has 0 aromatic heterocycles. The van der Waals surface area contributed by atoms with Crippen molar-refractivity contribution in [2.24, 2.45) is 0 Å². The molecule has 276 valence electrons. The summed E-state index contributed by atoms with van der Waals surface area (Å²) in [6, 6.07) is 32.7. The highest BCUT2D eigenvalue weighted by molar-refractivity contribution is 7.92. The Bertz CT molecular complexity index is 2180. The predicted octanol–water partition coefficient (Wildman–Crippen LogP) is 9.59. The van der Waals surface area contributed by atoms with Crippen LogP contribution in [0.4, 0.5) is 23.2 Å². The molecule has 1 heterocycles. The highest BCUT2D eigenvalue weighted by Gasteiger charge is 2.51. The SMILES string of the molecule is C/C(=C\c1ccc2c(c1)N(S(=O)(=O)c1cccc(C(F)(F)F)c1)C[C@H](CO[Si](c1ccccc1)(c1ccccc1)C(C)(C)C)O2)c1c(F)cccc1Cl. The first-order chi connectivity index (χ1) is 25.0. The zero-order valence-electron chi connectivity index (χ0n) is 29.5. The van der Waals surface area contributed by atoms with Gasteiger partial charge in [-0.05, 0) is 75.9 Å². The van der Waals surface area contributed by atoms with Gasteiger partial charge in [-0.1, -0.05) is 117 Å². The maximum Gasteiger partial charge on any atom is 0.416 e. The number of rotatable bonds is 9. The van der Waals surface area contributed by atoms with Gasteiger partial charge in [-0.2, -0.15) is 13.2 Å². The molecule has 5 aromatic rings. The number of alkyl halides is 3. The Labute approximate surface area is 313 Å². The lowest BCUT2D eigenvalue weighted by atomic mass is 10.0. The lowest BCUT2D eigenvalue weighted by Crippen LogP contribution is -2.67. The van der Waals surface area contributed by atoms with Crippen LogP contribution in [0.3, 0.4) is 0 Å². The van der Waals surface area contributed by atoms with E-state index in [1.807, 2.05) is 60.7 Å². The summed E-state index contributed by atoms with van der Waals surface area (Å²) in [7, 11) is -7.66. The van der Waals surface area contributed by atoms with Gasteiger partial charge in [0.15, 0.2) is 0 Å². The van der Waals surface area contributed by atoms with Crippen molar-refractivity contribution in [2.75, 3.05) is 17.5 Å². The maximum absolute atomic E-state index is 14.8. The highest BCUT2D eigenvalue weighted by atomic mass is 35.5. The van der Waals surface area contributed by atoms with E-state index in [-0.39, 0.29) is 40.2 Å². The third kappa shape index (κ3) is 7.66. The zero-order chi connectivity index (χ0) is 38.2. The number of ether oxygens (including phenoxy) is 1. The molecule has 0 spiro atoms. The number of halogens is 5. The van der Waals surface area contributed by atoms with Crippen molar-refractivity contribution < 1.29 is 35.1 Å². The van der Waals surface area contributed by atoms with E-state index < -0.39 is 46.9 Å². The van der Waals surface area contributed by atoms with Crippen molar-refractivity contribution in [3.05, 3.63) is 149 Å². The second-order valence-electron chi connectivity index (χ2n) is 13.9. The van der Waals surface area contributed by atoms with Crippen LogP contribution in [-0.4, -0.2) is 36.0 Å². The monoisotopic (exact) mass is 779 g/mol. The standard InChI is InChI=1S/C41H38ClF4NO4SSi/c1-28(39-35(42)19-12-20-36(39)43)23-29-21-22-38-37(24-29)47(52(48,49)32-14-11-13-30(25-32)41(44,45)46)26-31(51-38)27-50-53(40(2,3)4,33-15-7-5-8-16-33)34-17-9-6-10-18-34/h5-25,31H,26-27H2,1-4H3/b28-23+/t31-/m1/s1. The molecule has 5 aromatic carbocycles. The van der Waals surface area contributed by atoms with Crippen LogP contribution in [0.15, 0.2) is 126 Å². The zero-order valence-corrected chi connectivity index (χ0v) is 32.1. The summed E-state index contributed by atoms with van der Waals surface area (Å²) in [5, 5.41) is 1.86. The topological polar surface area (TPSA) is 55.8 Å². The largest absolute Gasteiger partial charge is 0.484 e. The Morgan fingerprint density at radius 1 is 0.887 bits per heavy atom. The van der Waals surface area contributed by atoms with Crippen molar-refractivity contribution in [1.82, 2.24) is 0 Å². The molecule has 0 amide bonds. The van der Waals surface area contributed by atoms with Gasteiger partial charge in [0.2, 0.25) is 0 Å². The van der Waals surface area contributed by atoms with Gasteiger partial charge in [-0.3, -0.25) is 4.31 Å². The molecule has 0 saturated heterocycles. The van der Waals surface area contributed by atoms with Crippen molar-refractivity contribution in [3.8, 4) is 5.75 Å². The number of benzene rings is 5. The number of sulfonamides is 1. The summed E-state index contributed by atoms with van der Waals surface area (Å²) in [4.78, 5) is -0.526. The molecule has 1 atom stereocenters. The minimum atomic E-state index is -4.76. The van der Waals surface area contributed by atoms with E-state index in [1.165, 1.54) is 12.1 Å². The van der Waals surface area contributed by atoms with Crippen molar-refractivity contribution in [2.45, 2.75) is 49.9 Å². The molecule has 0 radical (unpaired) electrons. The molecule has 6 rings (SSSR count). The van der Waals surface area contributed by atoms with E-state index in [1.54, 1.807) is 37.3 Å². The van der Waals surface area contributed by atoms with Gasteiger partial charge in [0, 0.05) is 5.56 Å². The molecule has 12 heteroatoms. The first-order valence-corrected chi connectivity index (χ1v) is 20.6. The van der Waals surface area contributed by atoms with Crippen LogP contribution in [0.5, 0.6) is 5.75 Å². The van der Waals surface area contributed by atoms with Gasteiger partial charge in [0.25, 0.3) is 18.3 Å². The summed E-state index contributed by atoms with van der Waals surface area (Å²) in [5.74, 6) is -0.327. The molecule has 0 saturated carbocycles. The van der Waals surface area contributed by atoms with Crippen LogP contribution in [0, 0.1) is 5.82 Å². The number of allylic oxidation sites excluding steroid dienone is 1. The van der Waals surface area contributed by atoms with Gasteiger partial charge in [0.05, 0.1) is 34.3 Å². The molecule has 0 N–H and O–H groups in total. The second kappa shape index (κ2) is 14.8. The molecule has 0 unspecified atom stereocenters. The number of anilines is 1. The Morgan fingerprint density at radius 3 is 2.09 bits per heavy atom. The quantitative estimate of drug-likeness (QED) is 0.0850. The normalized spacial score (nSPS) is 15.5. The van der Waals surface area contributed by atoms with Gasteiger partial charge >= 0.3 is 6.18 Å². The van der Waals surface area contributed by atoms with Crippen LogP contribution < -0.4 is 19.4 Å². The first-order valence-electron chi connectivity index (χ1n) is 16.9. The Morgan fingerprint density at radius 2 is 1.51 bits per heavy atom. The van der Waals surface area contributed by atoms with Crippen molar-refractivity contribution >= 4 is 57.7 Å². The average Bonchev–Trinajstić information content (AvgIpc) is 3.11. The minimum Gasteiger partial charge on any atom is -0.484 e. The van der Waals surface area contributed by atoms with Crippen molar-refractivity contribution in [1.29, 1.82) is 0 Å². The van der Waals surface area contributed by atoms with Crippen LogP contribution in [-0.2, 0) is 20.6 Å². The highest BCUT2D eigenvalue weighted by Crippen LogP contribution is 2.41. The lowest BCUT2D eigenvalue weighted by Gasteiger charge is -2.44. The Kier molecular flexibility index (Phi) is 10.7. The predicted molar refractivity (Wildman–Crippen MR) is 205 cm³/mol. The average molecular weight is 780 g/mol. The lowest BCUT2D eigenvalue weighted by molar-refractivity contribution is -0.137. The molecule has 1 aliphatic heterocycles. The van der Waals surface area contributed by atoms with E-state index in [9.17, 15) is 26.0 Å². The number of nitrogens with zero attached hydrogens (tertiary/aromatic N) is 1. The summed E-state index contributed by atoms with van der Waals surface area (Å²) in [5.41, 5.74) is 0.194. The fourth-order valence-electron chi connectivity index (χ4n) is 6.87. The van der Waals surface area contributed by atoms with Crippen molar-refractivity contribution in [3.63, 3.8) is 0 Å². The van der Waals surface area contributed by atoms with Gasteiger partial charge in [-0.25, -0.2) is 12.8 Å². The molecule has 0 fully saturated rings. The van der Waals surface area contributed by atoms with Crippen LogP contribution in [0.1, 0.15) is 44.4 Å². The molecule has 1 aliphatic rings. The van der Waals surface area contributed by atoms with E-state index in [4.69, 9.17) is 20.8 Å². The summed E-state index contributed by atoms with van der Waals surface area (Å²) in [6.07, 6.45) is -3.95. The molecule has 0 aliphatic carbocycles. The minimum absolute atomic E-state index is 0.0200. The van der Waals surface area contributed by atoms with E-state index in [0.29, 0.717) is 17.2 Å². The molecule has 0 bridgehead atoms. The van der Waals surface area contributed by atoms with Gasteiger partial charge in [0.1, 0.15) is 17.7 Å². The third-order valence-corrected chi connectivity index (χ3v) is 16.4. The van der Waals surface area contributed by atoms with Gasteiger partial charge < -0.3 is 9.16 Å². The smallest absolute Gasteiger partial charge is 0.416 e. The third-order valence-electron chi connectivity index (χ3n) is 9.31. The maximum atomic E-state index is 14.8. The molecule has 53 heavy (non-hydrogen) atoms. The Hall–Kier alpha value is -4.42. The fourth-order valence-corrected chi connectivity index (χ4v) is 13.3. The summed E-state index contributed by atoms with van der Waals surface area (Å²) >= 11 is 6.31. The number of hydrogen-bond acceptors (Lipinski definition) is 4. The number of fused-ring (bicyclic) bond motifs is 1. The molecular formula is C41H38ClF4NO4SSi. The van der Waals surface area contributed by atoms with E-state index in [0.717, 1.165) is 32.9 Å². The molecular weight excluding hydrogens is 742 g/mol. The fraction of sp³-hybridized carbons (Fsp3) is 0.220. The summed E-state index contributed by atoms with van der Waals surface area (Å²) in [6.45, 7) is 7.75. The molecule has 5 nitrogen and oxygen atoms in total. The van der Waals surface area contributed by atoms with Gasteiger partial charge in [-0.15, -0.1) is 0 Å².